The molecule has 0 amide bonds. The van der Waals surface area contributed by atoms with Crippen LogP contribution < -0.4 is 5.73 Å². The number of anilines is 1. The van der Waals surface area contributed by atoms with Crippen molar-refractivity contribution in [1.82, 2.24) is 5.16 Å². The van der Waals surface area contributed by atoms with Gasteiger partial charge in [-0.3, -0.25) is 0 Å². The average molecular weight is 285 g/mol. The topological polar surface area (TPSA) is 52.0 Å². The van der Waals surface area contributed by atoms with Crippen molar-refractivity contribution in [3.05, 3.63) is 33.9 Å². The molecule has 0 atom stereocenters. The van der Waals surface area contributed by atoms with Crippen LogP contribution >= 0.6 is 23.2 Å². The summed E-state index contributed by atoms with van der Waals surface area (Å²) in [5.41, 5.74) is 8.23. The van der Waals surface area contributed by atoms with Gasteiger partial charge in [0.05, 0.1) is 16.3 Å². The van der Waals surface area contributed by atoms with Gasteiger partial charge in [-0.25, -0.2) is 0 Å². The zero-order chi connectivity index (χ0) is 13.3. The Balaban J connectivity index is 2.52. The van der Waals surface area contributed by atoms with Gasteiger partial charge >= 0.3 is 0 Å². The van der Waals surface area contributed by atoms with Gasteiger partial charge in [0.2, 0.25) is 5.88 Å². The van der Waals surface area contributed by atoms with Crippen LogP contribution in [0.2, 0.25) is 10.0 Å². The number of nitrogens with zero attached hydrogens (tertiary/aromatic N) is 1. The normalized spacial score (nSPS) is 11.2. The Bertz CT molecular complexity index is 564. The van der Waals surface area contributed by atoms with E-state index >= 15 is 0 Å². The highest BCUT2D eigenvalue weighted by Gasteiger charge is 2.18. The molecule has 0 spiro atoms. The van der Waals surface area contributed by atoms with E-state index in [0.717, 1.165) is 23.2 Å². The molecule has 96 valence electrons. The number of nitrogens with two attached hydrogens (primary N) is 1. The number of nitrogen functional groups attached to an aromatic ring is 1. The van der Waals surface area contributed by atoms with Crippen LogP contribution in [0.5, 0.6) is 0 Å². The standard InChI is InChI=1S/C13H14Cl2N2O/c1-7(2)5-11-12(13(16)18-17-11)9-4-3-8(14)6-10(9)15/h3-4,6-7H,5,16H2,1-2H3. The molecule has 2 N–H and O–H groups in total. The van der Waals surface area contributed by atoms with Gasteiger partial charge < -0.3 is 10.3 Å². The van der Waals surface area contributed by atoms with Crippen LogP contribution in [0.4, 0.5) is 5.88 Å². The van der Waals surface area contributed by atoms with Gasteiger partial charge in [-0.1, -0.05) is 48.3 Å². The first-order valence-electron chi connectivity index (χ1n) is 5.68. The maximum Gasteiger partial charge on any atom is 0.230 e. The molecule has 0 aliphatic rings. The van der Waals surface area contributed by atoms with Crippen LogP contribution in [0.3, 0.4) is 0 Å². The molecule has 0 aliphatic carbocycles. The summed E-state index contributed by atoms with van der Waals surface area (Å²) < 4.78 is 5.07. The lowest BCUT2D eigenvalue weighted by molar-refractivity contribution is 0.422. The minimum Gasteiger partial charge on any atom is -0.367 e. The molecule has 2 rings (SSSR count). The maximum absolute atomic E-state index is 6.19. The molecule has 0 unspecified atom stereocenters. The van der Waals surface area contributed by atoms with Crippen molar-refractivity contribution >= 4 is 29.1 Å². The van der Waals surface area contributed by atoms with Crippen molar-refractivity contribution in [2.45, 2.75) is 20.3 Å². The largest absolute Gasteiger partial charge is 0.367 e. The molecule has 2 aromatic rings. The Morgan fingerprint density at radius 3 is 2.67 bits per heavy atom. The number of rotatable bonds is 3. The van der Waals surface area contributed by atoms with E-state index in [4.69, 9.17) is 33.5 Å². The fraction of sp³-hybridized carbons (Fsp3) is 0.308. The lowest BCUT2D eigenvalue weighted by Gasteiger charge is -2.07. The Kier molecular flexibility index (Phi) is 3.83. The molecular formula is C13H14Cl2N2O. The Hall–Kier alpha value is -1.19. The first-order valence-corrected chi connectivity index (χ1v) is 6.44. The Morgan fingerprint density at radius 2 is 2.06 bits per heavy atom. The van der Waals surface area contributed by atoms with E-state index in [1.54, 1.807) is 12.1 Å². The molecule has 1 aromatic carbocycles. The van der Waals surface area contributed by atoms with Crippen LogP contribution in [-0.2, 0) is 6.42 Å². The fourth-order valence-electron chi connectivity index (χ4n) is 1.84. The number of hydrogen-bond acceptors (Lipinski definition) is 3. The van der Waals surface area contributed by atoms with Crippen molar-refractivity contribution in [2.75, 3.05) is 5.73 Å². The van der Waals surface area contributed by atoms with E-state index in [1.165, 1.54) is 0 Å². The maximum atomic E-state index is 6.19. The van der Waals surface area contributed by atoms with Crippen molar-refractivity contribution < 1.29 is 4.52 Å². The second-order valence-electron chi connectivity index (χ2n) is 4.59. The SMILES string of the molecule is CC(C)Cc1noc(N)c1-c1ccc(Cl)cc1Cl. The summed E-state index contributed by atoms with van der Waals surface area (Å²) >= 11 is 12.1. The molecule has 1 aromatic heterocycles. The smallest absolute Gasteiger partial charge is 0.230 e. The van der Waals surface area contributed by atoms with Crippen LogP contribution in [0, 0.1) is 5.92 Å². The third-order valence-electron chi connectivity index (χ3n) is 2.59. The Labute approximate surface area is 116 Å². The monoisotopic (exact) mass is 284 g/mol. The van der Waals surface area contributed by atoms with E-state index in [0.29, 0.717) is 16.0 Å². The second kappa shape index (κ2) is 5.21. The van der Waals surface area contributed by atoms with E-state index in [-0.39, 0.29) is 5.88 Å². The summed E-state index contributed by atoms with van der Waals surface area (Å²) in [5, 5.41) is 5.14. The van der Waals surface area contributed by atoms with Gasteiger partial charge in [0, 0.05) is 10.6 Å². The van der Waals surface area contributed by atoms with E-state index in [2.05, 4.69) is 19.0 Å². The number of benzene rings is 1. The quantitative estimate of drug-likeness (QED) is 0.907. The van der Waals surface area contributed by atoms with Gasteiger partial charge in [-0.15, -0.1) is 0 Å². The zero-order valence-corrected chi connectivity index (χ0v) is 11.7. The van der Waals surface area contributed by atoms with Crippen molar-refractivity contribution in [2.24, 2.45) is 5.92 Å². The summed E-state index contributed by atoms with van der Waals surface area (Å²) in [7, 11) is 0. The zero-order valence-electron chi connectivity index (χ0n) is 10.2. The molecule has 0 fully saturated rings. The number of aromatic nitrogens is 1. The first-order chi connectivity index (χ1) is 8.49. The summed E-state index contributed by atoms with van der Waals surface area (Å²) in [5.74, 6) is 0.745. The highest BCUT2D eigenvalue weighted by molar-refractivity contribution is 6.36. The van der Waals surface area contributed by atoms with Gasteiger partial charge in [0.15, 0.2) is 0 Å². The molecule has 1 heterocycles. The predicted molar refractivity (Wildman–Crippen MR) is 74.9 cm³/mol. The van der Waals surface area contributed by atoms with Crippen molar-refractivity contribution in [1.29, 1.82) is 0 Å². The van der Waals surface area contributed by atoms with Gasteiger partial charge in [0.25, 0.3) is 0 Å². The van der Waals surface area contributed by atoms with Gasteiger partial charge in [0.1, 0.15) is 0 Å². The highest BCUT2D eigenvalue weighted by Crippen LogP contribution is 2.36. The summed E-state index contributed by atoms with van der Waals surface area (Å²) in [4.78, 5) is 0. The van der Waals surface area contributed by atoms with E-state index in [1.807, 2.05) is 6.07 Å². The van der Waals surface area contributed by atoms with Gasteiger partial charge in [-0.2, -0.15) is 0 Å². The van der Waals surface area contributed by atoms with E-state index in [9.17, 15) is 0 Å². The average Bonchev–Trinajstić information content (AvgIpc) is 2.60. The first kappa shape index (κ1) is 13.2. The molecule has 0 bridgehead atoms. The molecule has 0 saturated carbocycles. The molecule has 0 aliphatic heterocycles. The lowest BCUT2D eigenvalue weighted by atomic mass is 9.99. The third kappa shape index (κ3) is 2.62. The summed E-state index contributed by atoms with van der Waals surface area (Å²) in [6.07, 6.45) is 0.787. The highest BCUT2D eigenvalue weighted by atomic mass is 35.5. The fourth-order valence-corrected chi connectivity index (χ4v) is 2.35. The van der Waals surface area contributed by atoms with Crippen LogP contribution in [0.1, 0.15) is 19.5 Å². The Morgan fingerprint density at radius 1 is 1.33 bits per heavy atom. The predicted octanol–water partition coefficient (Wildman–Crippen LogP) is 4.43. The molecule has 0 saturated heterocycles. The van der Waals surface area contributed by atoms with Crippen molar-refractivity contribution in [3.8, 4) is 11.1 Å². The number of hydrogen-bond donors (Lipinski definition) is 1. The summed E-state index contributed by atoms with van der Waals surface area (Å²) in [6.45, 7) is 4.22. The minimum atomic E-state index is 0.287. The molecule has 5 heteroatoms. The number of halogens is 2. The molecule has 0 radical (unpaired) electrons. The molecular weight excluding hydrogens is 271 g/mol. The summed E-state index contributed by atoms with van der Waals surface area (Å²) in [6, 6.07) is 5.29. The van der Waals surface area contributed by atoms with Crippen molar-refractivity contribution in [3.63, 3.8) is 0 Å². The lowest BCUT2D eigenvalue weighted by Crippen LogP contribution is -1.97. The van der Waals surface area contributed by atoms with Crippen LogP contribution in [0.15, 0.2) is 22.7 Å². The second-order valence-corrected chi connectivity index (χ2v) is 5.43. The minimum absolute atomic E-state index is 0.287. The molecule has 3 nitrogen and oxygen atoms in total. The van der Waals surface area contributed by atoms with Crippen LogP contribution in [-0.4, -0.2) is 5.16 Å². The van der Waals surface area contributed by atoms with E-state index < -0.39 is 0 Å². The van der Waals surface area contributed by atoms with Gasteiger partial charge in [-0.05, 0) is 24.5 Å². The molecule has 18 heavy (non-hydrogen) atoms. The third-order valence-corrected chi connectivity index (χ3v) is 3.14. The van der Waals surface area contributed by atoms with Crippen LogP contribution in [0.25, 0.3) is 11.1 Å².